The summed E-state index contributed by atoms with van der Waals surface area (Å²) in [4.78, 5) is 32.1. The number of rotatable bonds is 21. The van der Waals surface area contributed by atoms with Crippen LogP contribution in [0.3, 0.4) is 0 Å². The van der Waals surface area contributed by atoms with Gasteiger partial charge in [-0.2, -0.15) is 0 Å². The Labute approximate surface area is 216 Å². The van der Waals surface area contributed by atoms with E-state index in [1.807, 2.05) is 0 Å². The largest absolute Gasteiger partial charge is 1.00 e. The number of unbranched alkanes of at least 4 members (excludes halogenated alkanes) is 8. The molecule has 0 N–H and O–H groups in total. The van der Waals surface area contributed by atoms with Crippen LogP contribution < -0.4 is 34.7 Å². The van der Waals surface area contributed by atoms with Crippen molar-refractivity contribution in [3.63, 3.8) is 0 Å². The number of carboxylic acid groups (broad SMARTS) is 1. The van der Waals surface area contributed by atoms with Crippen LogP contribution in [0.4, 0.5) is 0 Å². The molecule has 0 spiro atoms. The van der Waals surface area contributed by atoms with Gasteiger partial charge in [0.2, 0.25) is 0 Å². The summed E-state index contributed by atoms with van der Waals surface area (Å²) in [6, 6.07) is 0. The van der Waals surface area contributed by atoms with Crippen LogP contribution in [0.25, 0.3) is 0 Å². The summed E-state index contributed by atoms with van der Waals surface area (Å²) in [6.07, 6.45) is 12.8. The molecule has 0 aromatic carbocycles. The van der Waals surface area contributed by atoms with Crippen LogP contribution in [0.5, 0.6) is 0 Å². The minimum absolute atomic E-state index is 0. The second kappa shape index (κ2) is 30.5. The topological polar surface area (TPSA) is 111 Å². The predicted molar refractivity (Wildman–Crippen MR) is 117 cm³/mol. The molecule has 184 valence electrons. The molecule has 9 heteroatoms. The van der Waals surface area contributed by atoms with Gasteiger partial charge in [0.15, 0.2) is 5.78 Å². The Morgan fingerprint density at radius 3 is 1.75 bits per heavy atom. The minimum Gasteiger partial charge on any atom is -0.548 e. The molecule has 0 aliphatic rings. The molecule has 0 atom stereocenters. The van der Waals surface area contributed by atoms with Crippen molar-refractivity contribution in [3.8, 4) is 0 Å². The average Bonchev–Trinajstić information content (AvgIpc) is 2.72. The monoisotopic (exact) mass is 470 g/mol. The third-order valence-corrected chi connectivity index (χ3v) is 4.29. The van der Waals surface area contributed by atoms with E-state index in [2.05, 4.69) is 11.7 Å². The molecule has 0 bridgehead atoms. The van der Waals surface area contributed by atoms with Crippen molar-refractivity contribution >= 4 is 17.7 Å². The second-order valence-electron chi connectivity index (χ2n) is 7.29. The van der Waals surface area contributed by atoms with Crippen molar-refractivity contribution in [1.82, 2.24) is 0 Å². The molecule has 0 heterocycles. The Kier molecular flexibility index (Phi) is 34.4. The Morgan fingerprint density at radius 1 is 0.688 bits per heavy atom. The van der Waals surface area contributed by atoms with Crippen LogP contribution in [0.1, 0.15) is 84.0 Å². The summed E-state index contributed by atoms with van der Waals surface area (Å²) >= 11 is 0. The Hall–Kier alpha value is -0.510. The van der Waals surface area contributed by atoms with E-state index >= 15 is 0 Å². The van der Waals surface area contributed by atoms with Crippen LogP contribution in [0, 0.1) is 0 Å². The molecule has 0 rings (SSSR count). The quantitative estimate of drug-likeness (QED) is 0.129. The number of ketones is 1. The van der Waals surface area contributed by atoms with Crippen LogP contribution >= 0.6 is 0 Å². The van der Waals surface area contributed by atoms with Crippen molar-refractivity contribution in [2.45, 2.75) is 84.0 Å². The van der Waals surface area contributed by atoms with E-state index < -0.39 is 5.97 Å². The summed E-state index contributed by atoms with van der Waals surface area (Å²) in [5.74, 6) is -1.24. The van der Waals surface area contributed by atoms with Crippen LogP contribution in [-0.2, 0) is 33.3 Å². The van der Waals surface area contributed by atoms with Crippen molar-refractivity contribution in [3.05, 3.63) is 0 Å². The number of esters is 1. The molecule has 0 aliphatic carbocycles. The molecule has 0 saturated carbocycles. The van der Waals surface area contributed by atoms with Gasteiger partial charge in [-0.25, -0.2) is 0 Å². The van der Waals surface area contributed by atoms with Gasteiger partial charge in [0, 0.05) is 33.7 Å². The maximum Gasteiger partial charge on any atom is 1.00 e. The van der Waals surface area contributed by atoms with E-state index in [1.165, 1.54) is 59.2 Å². The Bertz CT molecular complexity index is 432. The first-order chi connectivity index (χ1) is 15.0. The van der Waals surface area contributed by atoms with Gasteiger partial charge in [-0.15, -0.1) is 0 Å². The van der Waals surface area contributed by atoms with Crippen LogP contribution in [0.15, 0.2) is 0 Å². The summed E-state index contributed by atoms with van der Waals surface area (Å²) in [6.45, 7) is 3.27. The standard InChI is InChI=1S/C20H38O5.C3H6O3.Na/c1-3-4-5-6-7-8-9-10-11-14-20(22)25-17-16-24-15-12-13-19(21)18-23-2;1-6-2-3(4)5;/h3-18H2,1-2H3;2H2,1H3,(H,4,5);/q;;+1/p-1. The van der Waals surface area contributed by atoms with E-state index in [-0.39, 0.29) is 54.5 Å². The summed E-state index contributed by atoms with van der Waals surface area (Å²) in [7, 11) is 2.81. The van der Waals surface area contributed by atoms with Gasteiger partial charge in [-0.3, -0.25) is 9.59 Å². The number of carbonyl (C=O) groups is 3. The molecule has 0 aliphatic heterocycles. The summed E-state index contributed by atoms with van der Waals surface area (Å²) in [5.41, 5.74) is 0. The molecule has 0 saturated heterocycles. The molecule has 0 aromatic rings. The first-order valence-corrected chi connectivity index (χ1v) is 11.4. The van der Waals surface area contributed by atoms with Crippen LogP contribution in [-0.4, -0.2) is 65.0 Å². The third-order valence-electron chi connectivity index (χ3n) is 4.29. The zero-order valence-electron chi connectivity index (χ0n) is 20.8. The van der Waals surface area contributed by atoms with Gasteiger partial charge in [0.1, 0.15) is 13.2 Å². The van der Waals surface area contributed by atoms with Gasteiger partial charge in [0.25, 0.3) is 0 Å². The van der Waals surface area contributed by atoms with Gasteiger partial charge >= 0.3 is 35.5 Å². The number of hydrogen-bond donors (Lipinski definition) is 0. The number of Topliss-reactive ketones (excluding diaryl/α,β-unsaturated/α-hetero) is 1. The number of aliphatic carboxylic acids is 1. The van der Waals surface area contributed by atoms with Crippen molar-refractivity contribution in [1.29, 1.82) is 0 Å². The number of hydrogen-bond acceptors (Lipinski definition) is 8. The maximum atomic E-state index is 11.6. The summed E-state index contributed by atoms with van der Waals surface area (Å²) < 4.78 is 19.4. The number of carboxylic acids is 1. The number of carbonyl (C=O) groups excluding carboxylic acids is 3. The fourth-order valence-corrected chi connectivity index (χ4v) is 2.69. The van der Waals surface area contributed by atoms with E-state index in [1.54, 1.807) is 0 Å². The molecule has 0 aromatic heterocycles. The fourth-order valence-electron chi connectivity index (χ4n) is 2.69. The van der Waals surface area contributed by atoms with Crippen molar-refractivity contribution in [2.75, 3.05) is 47.3 Å². The molecule has 8 nitrogen and oxygen atoms in total. The summed E-state index contributed by atoms with van der Waals surface area (Å²) in [5, 5.41) is 9.36. The smallest absolute Gasteiger partial charge is 0.548 e. The van der Waals surface area contributed by atoms with Gasteiger partial charge in [-0.1, -0.05) is 58.3 Å². The molecular weight excluding hydrogens is 427 g/mol. The number of ether oxygens (including phenoxy) is 4. The zero-order chi connectivity index (χ0) is 23.6. The first-order valence-electron chi connectivity index (χ1n) is 11.4. The maximum absolute atomic E-state index is 11.6. The van der Waals surface area contributed by atoms with E-state index in [4.69, 9.17) is 14.2 Å². The van der Waals surface area contributed by atoms with Crippen LogP contribution in [0.2, 0.25) is 0 Å². The van der Waals surface area contributed by atoms with Crippen molar-refractivity contribution < 1.29 is 68.0 Å². The van der Waals surface area contributed by atoms with E-state index in [0.717, 1.165) is 12.8 Å². The van der Waals surface area contributed by atoms with E-state index in [0.29, 0.717) is 39.1 Å². The molecule has 32 heavy (non-hydrogen) atoms. The van der Waals surface area contributed by atoms with Gasteiger partial charge in [0.05, 0.1) is 19.2 Å². The first kappa shape index (κ1) is 36.1. The average molecular weight is 471 g/mol. The molecular formula is C23H43NaO8. The molecule has 0 unspecified atom stereocenters. The molecule has 0 fully saturated rings. The van der Waals surface area contributed by atoms with E-state index in [9.17, 15) is 19.5 Å². The zero-order valence-corrected chi connectivity index (χ0v) is 22.8. The fraction of sp³-hybridized carbons (Fsp3) is 0.870. The molecule has 0 radical (unpaired) electrons. The van der Waals surface area contributed by atoms with Gasteiger partial charge < -0.3 is 28.8 Å². The van der Waals surface area contributed by atoms with Gasteiger partial charge in [-0.05, 0) is 12.8 Å². The SMILES string of the molecule is CCCCCCCCCCCC(=O)OCCOCCCC(=O)COC.COCC(=O)[O-].[Na+]. The number of methoxy groups -OCH3 is 2. The van der Waals surface area contributed by atoms with Crippen molar-refractivity contribution in [2.24, 2.45) is 0 Å². The Morgan fingerprint density at radius 2 is 1.25 bits per heavy atom. The Balaban J connectivity index is -0.00000105. The third kappa shape index (κ3) is 34.1. The normalized spacial score (nSPS) is 9.97. The minimum atomic E-state index is -1.18. The second-order valence-corrected chi connectivity index (χ2v) is 7.29. The molecule has 0 amide bonds. The predicted octanol–water partition coefficient (Wildman–Crippen LogP) is -0.150.